The van der Waals surface area contributed by atoms with E-state index in [9.17, 15) is 0 Å². The van der Waals surface area contributed by atoms with Gasteiger partial charge in [0.2, 0.25) is 11.5 Å². The minimum atomic E-state index is 0.533. The fourth-order valence-corrected chi connectivity index (χ4v) is 9.23. The first-order chi connectivity index (χ1) is 32.4. The molecule has 9 aromatic carbocycles. The second-order valence-electron chi connectivity index (χ2n) is 15.9. The first kappa shape index (κ1) is 40.3. The Morgan fingerprint density at radius 1 is 0.288 bits per heavy atom. The topological polar surface area (TPSA) is 88.1 Å². The monoisotopic (exact) mass is 872 g/mol. The van der Waals surface area contributed by atoms with E-state index in [4.69, 9.17) is 37.3 Å². The van der Waals surface area contributed by atoms with E-state index in [1.165, 1.54) is 0 Å². The lowest BCUT2D eigenvalue weighted by Gasteiger charge is -2.27. The van der Waals surface area contributed by atoms with E-state index in [-0.39, 0.29) is 0 Å². The van der Waals surface area contributed by atoms with Crippen molar-refractivity contribution in [1.82, 2.24) is 0 Å². The molecular weight excluding hydrogens is 829 g/mol. The van der Waals surface area contributed by atoms with Crippen LogP contribution in [0, 0.1) is 0 Å². The first-order valence-electron chi connectivity index (χ1n) is 21.4. The SMILES string of the molecule is COc1cc(N(c2ccccc2)c2ccc3cc4c(cc3c2)oc2cc3oc5cc6cc(N(c7ccccc7)c7cc(OC)c(OC)c(OC)c7)ccc6cc5c3cc24)cc(OC)c1OC. The molecule has 11 aromatic rings. The average Bonchev–Trinajstić information content (AvgIpc) is 3.89. The van der Waals surface area contributed by atoms with Crippen LogP contribution in [0.3, 0.4) is 0 Å². The van der Waals surface area contributed by atoms with Crippen LogP contribution >= 0.6 is 0 Å². The van der Waals surface area contributed by atoms with Gasteiger partial charge in [-0.25, -0.2) is 0 Å². The molecule has 66 heavy (non-hydrogen) atoms. The summed E-state index contributed by atoms with van der Waals surface area (Å²) in [7, 11) is 9.72. The van der Waals surface area contributed by atoms with Gasteiger partial charge in [0.15, 0.2) is 23.0 Å². The molecule has 0 aliphatic carbocycles. The number of anilines is 6. The molecule has 0 aliphatic heterocycles. The van der Waals surface area contributed by atoms with E-state index in [2.05, 4.69) is 101 Å². The molecule has 0 N–H and O–H groups in total. The largest absolute Gasteiger partial charge is 0.493 e. The summed E-state index contributed by atoms with van der Waals surface area (Å²) in [5, 5.41) is 8.34. The summed E-state index contributed by atoms with van der Waals surface area (Å²) in [5.41, 5.74) is 8.66. The zero-order valence-electron chi connectivity index (χ0n) is 37.2. The van der Waals surface area contributed by atoms with Crippen LogP contribution in [0.25, 0.3) is 65.4 Å². The highest BCUT2D eigenvalue weighted by Gasteiger charge is 2.23. The van der Waals surface area contributed by atoms with Gasteiger partial charge < -0.3 is 47.1 Å². The molecular formula is C56H44N2O8. The normalized spacial score (nSPS) is 11.5. The summed E-state index contributed by atoms with van der Waals surface area (Å²) in [5.74, 6) is 3.33. The summed E-state index contributed by atoms with van der Waals surface area (Å²) < 4.78 is 47.5. The molecule has 10 nitrogen and oxygen atoms in total. The van der Waals surface area contributed by atoms with E-state index in [0.29, 0.717) is 34.5 Å². The van der Waals surface area contributed by atoms with Crippen LogP contribution in [-0.4, -0.2) is 42.7 Å². The number of ether oxygens (including phenoxy) is 6. The zero-order chi connectivity index (χ0) is 45.1. The highest BCUT2D eigenvalue weighted by atomic mass is 16.5. The predicted octanol–water partition coefficient (Wildman–Crippen LogP) is 14.8. The van der Waals surface area contributed by atoms with Crippen molar-refractivity contribution in [2.45, 2.75) is 0 Å². The van der Waals surface area contributed by atoms with E-state index in [0.717, 1.165) is 99.5 Å². The number of rotatable bonds is 12. The molecule has 0 saturated heterocycles. The second kappa shape index (κ2) is 16.2. The Morgan fingerprint density at radius 3 is 1.02 bits per heavy atom. The quantitative estimate of drug-likeness (QED) is 0.118. The Balaban J connectivity index is 0.996. The maximum absolute atomic E-state index is 6.62. The molecule has 0 atom stereocenters. The first-order valence-corrected chi connectivity index (χ1v) is 21.4. The molecule has 0 aliphatic rings. The minimum Gasteiger partial charge on any atom is -0.493 e. The molecule has 0 bridgehead atoms. The lowest BCUT2D eigenvalue weighted by Crippen LogP contribution is -2.10. The number of benzene rings is 9. The number of hydrogen-bond acceptors (Lipinski definition) is 10. The third kappa shape index (κ3) is 6.65. The van der Waals surface area contributed by atoms with Crippen molar-refractivity contribution in [2.24, 2.45) is 0 Å². The Morgan fingerprint density at radius 2 is 0.652 bits per heavy atom. The molecule has 0 spiro atoms. The second-order valence-corrected chi connectivity index (χ2v) is 15.9. The maximum atomic E-state index is 6.62. The number of furan rings is 2. The molecule has 2 heterocycles. The van der Waals surface area contributed by atoms with Crippen molar-refractivity contribution < 1.29 is 37.3 Å². The van der Waals surface area contributed by atoms with Crippen LogP contribution < -0.4 is 38.2 Å². The van der Waals surface area contributed by atoms with Crippen LogP contribution in [0.4, 0.5) is 34.1 Å². The van der Waals surface area contributed by atoms with Gasteiger partial charge >= 0.3 is 0 Å². The van der Waals surface area contributed by atoms with Crippen LogP contribution in [0.1, 0.15) is 0 Å². The fraction of sp³-hybridized carbons (Fsp3) is 0.107. The third-order valence-electron chi connectivity index (χ3n) is 12.3. The molecule has 2 aromatic heterocycles. The van der Waals surface area contributed by atoms with Crippen molar-refractivity contribution in [2.75, 3.05) is 52.5 Å². The van der Waals surface area contributed by atoms with E-state index < -0.39 is 0 Å². The summed E-state index contributed by atoms with van der Waals surface area (Å²) in [4.78, 5) is 4.34. The van der Waals surface area contributed by atoms with E-state index in [1.807, 2.05) is 66.7 Å². The van der Waals surface area contributed by atoms with Gasteiger partial charge in [-0.3, -0.25) is 0 Å². The fourth-order valence-electron chi connectivity index (χ4n) is 9.23. The van der Waals surface area contributed by atoms with Crippen LogP contribution in [-0.2, 0) is 0 Å². The van der Waals surface area contributed by atoms with Crippen LogP contribution in [0.15, 0.2) is 167 Å². The van der Waals surface area contributed by atoms with Gasteiger partial charge in [0, 0.05) is 74.6 Å². The maximum Gasteiger partial charge on any atom is 0.203 e. The smallest absolute Gasteiger partial charge is 0.203 e. The van der Waals surface area contributed by atoms with Gasteiger partial charge in [0.05, 0.1) is 54.0 Å². The van der Waals surface area contributed by atoms with Gasteiger partial charge in [0.1, 0.15) is 22.3 Å². The van der Waals surface area contributed by atoms with Crippen molar-refractivity contribution >= 4 is 99.5 Å². The van der Waals surface area contributed by atoms with Crippen molar-refractivity contribution in [3.05, 3.63) is 158 Å². The standard InChI is InChI=1S/C56H44N2O8/c1-59-51-27-41(28-52(60-2)55(51)63-5)57(37-13-9-7-10-14-37)39-19-17-33-23-43-45-31-46-44-24-34-18-20-40(22-36(34)26-48(44)66-50(46)32-49(45)65-47(43)25-35(33)21-39)58(38-15-11-8-12-16-38)42-29-53(61-3)56(64-6)54(30-42)62-4/h7-32H,1-6H3. The summed E-state index contributed by atoms with van der Waals surface area (Å²) in [6.07, 6.45) is 0. The molecule has 11 rings (SSSR count). The third-order valence-corrected chi connectivity index (χ3v) is 12.3. The van der Waals surface area contributed by atoms with Gasteiger partial charge in [0.25, 0.3) is 0 Å². The highest BCUT2D eigenvalue weighted by molar-refractivity contribution is 6.18. The van der Waals surface area contributed by atoms with E-state index in [1.54, 1.807) is 42.7 Å². The molecule has 0 saturated carbocycles. The number of nitrogens with zero attached hydrogens (tertiary/aromatic N) is 2. The number of para-hydroxylation sites is 2. The van der Waals surface area contributed by atoms with Gasteiger partial charge in [-0.1, -0.05) is 48.5 Å². The molecule has 0 amide bonds. The van der Waals surface area contributed by atoms with E-state index >= 15 is 0 Å². The zero-order valence-corrected chi connectivity index (χ0v) is 37.2. The number of fused-ring (bicyclic) bond motifs is 8. The Hall–Kier alpha value is -8.50. The van der Waals surface area contributed by atoms with Gasteiger partial charge in [-0.2, -0.15) is 0 Å². The summed E-state index contributed by atoms with van der Waals surface area (Å²) >= 11 is 0. The van der Waals surface area contributed by atoms with Crippen LogP contribution in [0.5, 0.6) is 34.5 Å². The van der Waals surface area contributed by atoms with Gasteiger partial charge in [-0.05, 0) is 100 Å². The summed E-state index contributed by atoms with van der Waals surface area (Å²) in [6, 6.07) is 54.1. The lowest BCUT2D eigenvalue weighted by atomic mass is 10.0. The van der Waals surface area contributed by atoms with Crippen molar-refractivity contribution in [1.29, 1.82) is 0 Å². The minimum absolute atomic E-state index is 0.533. The van der Waals surface area contributed by atoms with Crippen molar-refractivity contribution in [3.63, 3.8) is 0 Å². The molecule has 0 unspecified atom stereocenters. The lowest BCUT2D eigenvalue weighted by molar-refractivity contribution is 0.324. The van der Waals surface area contributed by atoms with Gasteiger partial charge in [-0.15, -0.1) is 0 Å². The Labute approximate surface area is 380 Å². The molecule has 326 valence electrons. The molecule has 0 fully saturated rings. The number of hydrogen-bond donors (Lipinski definition) is 0. The number of methoxy groups -OCH3 is 6. The predicted molar refractivity (Wildman–Crippen MR) is 265 cm³/mol. The molecule has 10 heteroatoms. The van der Waals surface area contributed by atoms with Crippen LogP contribution in [0.2, 0.25) is 0 Å². The highest BCUT2D eigenvalue weighted by Crippen LogP contribution is 2.48. The van der Waals surface area contributed by atoms with Crippen molar-refractivity contribution in [3.8, 4) is 34.5 Å². The average molecular weight is 873 g/mol. The molecule has 0 radical (unpaired) electrons. The Bertz CT molecular complexity index is 3350. The Kier molecular flexibility index (Phi) is 9.92. The summed E-state index contributed by atoms with van der Waals surface area (Å²) in [6.45, 7) is 0.